The Morgan fingerprint density at radius 2 is 2.05 bits per heavy atom. The summed E-state index contributed by atoms with van der Waals surface area (Å²) in [5, 5.41) is 4.12. The lowest BCUT2D eigenvalue weighted by Crippen LogP contribution is -2.30. The van der Waals surface area contributed by atoms with Crippen molar-refractivity contribution >= 4 is 40.7 Å². The Balaban J connectivity index is 1.72. The fraction of sp³-hybridized carbons (Fsp3) is 0.200. The SMILES string of the molecule is O=C(NCc1c(Cl)cc(Cl)cc1Cl)[C@H]1COc2ncccc21. The molecule has 22 heavy (non-hydrogen) atoms. The molecule has 1 aliphatic heterocycles. The van der Waals surface area contributed by atoms with Crippen LogP contribution in [0.4, 0.5) is 0 Å². The Hall–Kier alpha value is -1.49. The largest absolute Gasteiger partial charge is 0.476 e. The van der Waals surface area contributed by atoms with Gasteiger partial charge in [-0.05, 0) is 18.2 Å². The Morgan fingerprint density at radius 1 is 1.32 bits per heavy atom. The molecule has 2 aromatic rings. The standard InChI is InChI=1S/C15H11Cl3N2O2/c16-8-4-12(17)10(13(18)5-8)6-20-14(21)11-7-22-15-9(11)2-1-3-19-15/h1-5,11H,6-7H2,(H,20,21)/t11-/m0/s1. The number of hydrogen-bond acceptors (Lipinski definition) is 3. The molecule has 0 aliphatic carbocycles. The van der Waals surface area contributed by atoms with Gasteiger partial charge in [0, 0.05) is 38.9 Å². The fourth-order valence-corrected chi connectivity index (χ4v) is 3.25. The lowest BCUT2D eigenvalue weighted by molar-refractivity contribution is -0.122. The van der Waals surface area contributed by atoms with Crippen LogP contribution in [-0.4, -0.2) is 17.5 Å². The summed E-state index contributed by atoms with van der Waals surface area (Å²) in [5.74, 6) is -0.0346. The first kappa shape index (κ1) is 15.4. The molecule has 2 heterocycles. The van der Waals surface area contributed by atoms with Crippen molar-refractivity contribution in [2.45, 2.75) is 12.5 Å². The lowest BCUT2D eigenvalue weighted by Gasteiger charge is -2.12. The van der Waals surface area contributed by atoms with Gasteiger partial charge in [0.1, 0.15) is 12.5 Å². The number of amides is 1. The Morgan fingerprint density at radius 3 is 2.77 bits per heavy atom. The van der Waals surface area contributed by atoms with Gasteiger partial charge < -0.3 is 10.1 Å². The monoisotopic (exact) mass is 356 g/mol. The summed E-state index contributed by atoms with van der Waals surface area (Å²) < 4.78 is 5.41. The molecule has 0 saturated carbocycles. The van der Waals surface area contributed by atoms with E-state index in [9.17, 15) is 4.79 Å². The van der Waals surface area contributed by atoms with E-state index in [1.54, 1.807) is 24.4 Å². The number of aromatic nitrogens is 1. The predicted molar refractivity (Wildman–Crippen MR) is 85.8 cm³/mol. The number of nitrogens with zero attached hydrogens (tertiary/aromatic N) is 1. The molecule has 1 aromatic carbocycles. The average Bonchev–Trinajstić information content (AvgIpc) is 2.90. The Bertz CT molecular complexity index is 713. The van der Waals surface area contributed by atoms with Gasteiger partial charge in [-0.25, -0.2) is 4.98 Å². The van der Waals surface area contributed by atoms with E-state index in [4.69, 9.17) is 39.5 Å². The van der Waals surface area contributed by atoms with Crippen LogP contribution in [0.5, 0.6) is 5.88 Å². The molecule has 0 bridgehead atoms. The highest BCUT2D eigenvalue weighted by atomic mass is 35.5. The average molecular weight is 358 g/mol. The zero-order chi connectivity index (χ0) is 15.7. The molecule has 0 unspecified atom stereocenters. The smallest absolute Gasteiger partial charge is 0.231 e. The maximum Gasteiger partial charge on any atom is 0.231 e. The van der Waals surface area contributed by atoms with Crippen LogP contribution in [-0.2, 0) is 11.3 Å². The van der Waals surface area contributed by atoms with Gasteiger partial charge in [-0.15, -0.1) is 0 Å². The molecule has 1 N–H and O–H groups in total. The quantitative estimate of drug-likeness (QED) is 0.908. The second-order valence-corrected chi connectivity index (χ2v) is 6.08. The zero-order valence-electron chi connectivity index (χ0n) is 11.3. The van der Waals surface area contributed by atoms with Gasteiger partial charge >= 0.3 is 0 Å². The Labute approximate surface area is 142 Å². The third-order valence-corrected chi connectivity index (χ3v) is 4.32. The van der Waals surface area contributed by atoms with Crippen molar-refractivity contribution in [1.29, 1.82) is 0 Å². The fourth-order valence-electron chi connectivity index (χ4n) is 2.30. The number of benzene rings is 1. The third-order valence-electron chi connectivity index (χ3n) is 3.42. The van der Waals surface area contributed by atoms with Crippen LogP contribution in [0.3, 0.4) is 0 Å². The molecular weight excluding hydrogens is 347 g/mol. The molecule has 0 saturated heterocycles. The van der Waals surface area contributed by atoms with E-state index < -0.39 is 0 Å². The minimum atomic E-state index is -0.381. The number of pyridine rings is 1. The molecule has 0 spiro atoms. The summed E-state index contributed by atoms with van der Waals surface area (Å²) in [6, 6.07) is 6.80. The number of halogens is 3. The molecule has 3 rings (SSSR count). The van der Waals surface area contributed by atoms with Gasteiger partial charge in [-0.3, -0.25) is 4.79 Å². The van der Waals surface area contributed by atoms with Gasteiger partial charge in [0.15, 0.2) is 0 Å². The van der Waals surface area contributed by atoms with Crippen LogP contribution < -0.4 is 10.1 Å². The van der Waals surface area contributed by atoms with Crippen LogP contribution in [0.15, 0.2) is 30.5 Å². The molecule has 1 amide bonds. The topological polar surface area (TPSA) is 51.2 Å². The van der Waals surface area contributed by atoms with E-state index in [1.165, 1.54) is 0 Å². The normalized spacial score (nSPS) is 16.0. The van der Waals surface area contributed by atoms with Crippen LogP contribution in [0.25, 0.3) is 0 Å². The minimum Gasteiger partial charge on any atom is -0.476 e. The number of rotatable bonds is 3. The minimum absolute atomic E-state index is 0.158. The van der Waals surface area contributed by atoms with Crippen LogP contribution in [0.1, 0.15) is 17.0 Å². The van der Waals surface area contributed by atoms with E-state index in [0.717, 1.165) is 5.56 Å². The maximum absolute atomic E-state index is 12.3. The van der Waals surface area contributed by atoms with E-state index in [0.29, 0.717) is 26.5 Å². The van der Waals surface area contributed by atoms with Gasteiger partial charge in [0.2, 0.25) is 11.8 Å². The van der Waals surface area contributed by atoms with Crippen molar-refractivity contribution < 1.29 is 9.53 Å². The van der Waals surface area contributed by atoms with Gasteiger partial charge in [-0.2, -0.15) is 0 Å². The van der Waals surface area contributed by atoms with E-state index in [2.05, 4.69) is 10.3 Å². The first-order chi connectivity index (χ1) is 10.6. The number of ether oxygens (including phenoxy) is 1. The molecule has 1 aromatic heterocycles. The first-order valence-electron chi connectivity index (χ1n) is 6.55. The number of carbonyl (C=O) groups is 1. The van der Waals surface area contributed by atoms with E-state index >= 15 is 0 Å². The highest BCUT2D eigenvalue weighted by Crippen LogP contribution is 2.32. The molecule has 4 nitrogen and oxygen atoms in total. The summed E-state index contributed by atoms with van der Waals surface area (Å²) in [6.07, 6.45) is 1.63. The van der Waals surface area contributed by atoms with Crippen LogP contribution >= 0.6 is 34.8 Å². The van der Waals surface area contributed by atoms with Gasteiger partial charge in [-0.1, -0.05) is 40.9 Å². The zero-order valence-corrected chi connectivity index (χ0v) is 13.5. The number of fused-ring (bicyclic) bond motifs is 1. The lowest BCUT2D eigenvalue weighted by atomic mass is 10.0. The number of hydrogen-bond donors (Lipinski definition) is 1. The number of carbonyl (C=O) groups excluding carboxylic acids is 1. The van der Waals surface area contributed by atoms with Crippen molar-refractivity contribution in [1.82, 2.24) is 10.3 Å². The molecule has 1 aliphatic rings. The van der Waals surface area contributed by atoms with Crippen molar-refractivity contribution in [2.75, 3.05) is 6.61 Å². The second kappa shape index (κ2) is 6.32. The highest BCUT2D eigenvalue weighted by molar-refractivity contribution is 6.39. The molecular formula is C15H11Cl3N2O2. The summed E-state index contributed by atoms with van der Waals surface area (Å²) >= 11 is 18.1. The second-order valence-electron chi connectivity index (χ2n) is 4.83. The van der Waals surface area contributed by atoms with Gasteiger partial charge in [0.05, 0.1) is 0 Å². The van der Waals surface area contributed by atoms with Crippen molar-refractivity contribution in [3.05, 3.63) is 56.7 Å². The molecule has 114 valence electrons. The molecule has 7 heteroatoms. The molecule has 0 fully saturated rings. The Kier molecular flexibility index (Phi) is 4.43. The van der Waals surface area contributed by atoms with E-state index in [1.807, 2.05) is 6.07 Å². The first-order valence-corrected chi connectivity index (χ1v) is 7.68. The molecule has 0 radical (unpaired) electrons. The van der Waals surface area contributed by atoms with Crippen molar-refractivity contribution in [3.8, 4) is 5.88 Å². The highest BCUT2D eigenvalue weighted by Gasteiger charge is 2.31. The van der Waals surface area contributed by atoms with Gasteiger partial charge in [0.25, 0.3) is 0 Å². The van der Waals surface area contributed by atoms with Crippen LogP contribution in [0.2, 0.25) is 15.1 Å². The molecule has 1 atom stereocenters. The number of nitrogens with one attached hydrogen (secondary N) is 1. The summed E-state index contributed by atoms with van der Waals surface area (Å²) in [5.41, 5.74) is 1.42. The van der Waals surface area contributed by atoms with Crippen molar-refractivity contribution in [2.24, 2.45) is 0 Å². The summed E-state index contributed by atoms with van der Waals surface area (Å²) in [7, 11) is 0. The third kappa shape index (κ3) is 3.00. The van der Waals surface area contributed by atoms with Crippen molar-refractivity contribution in [3.63, 3.8) is 0 Å². The maximum atomic E-state index is 12.3. The van der Waals surface area contributed by atoms with E-state index in [-0.39, 0.29) is 25.0 Å². The summed E-state index contributed by atoms with van der Waals surface area (Å²) in [6.45, 7) is 0.500. The van der Waals surface area contributed by atoms with Crippen LogP contribution in [0, 0.1) is 0 Å². The summed E-state index contributed by atoms with van der Waals surface area (Å²) in [4.78, 5) is 16.4. The predicted octanol–water partition coefficient (Wildman–Crippen LogP) is 3.83.